The Balaban J connectivity index is 2.49. The van der Waals surface area contributed by atoms with E-state index in [2.05, 4.69) is 60.9 Å². The third kappa shape index (κ3) is 2.16. The Bertz CT molecular complexity index is 495. The van der Waals surface area contributed by atoms with Crippen molar-refractivity contribution in [3.8, 4) is 11.1 Å². The Morgan fingerprint density at radius 3 is 2.50 bits per heavy atom. The molecule has 0 aromatic carbocycles. The molecule has 2 heteroatoms. The van der Waals surface area contributed by atoms with Gasteiger partial charge in [-0.2, -0.15) is 0 Å². The molecular weight excluding hydrogens is 196 g/mol. The summed E-state index contributed by atoms with van der Waals surface area (Å²) in [5, 5.41) is 0. The Kier molecular flexibility index (Phi) is 2.82. The van der Waals surface area contributed by atoms with Crippen LogP contribution in [0.4, 0.5) is 0 Å². The van der Waals surface area contributed by atoms with E-state index >= 15 is 0 Å². The fraction of sp³-hybridized carbons (Fsp3) is 0.357. The van der Waals surface area contributed by atoms with Gasteiger partial charge in [-0.15, -0.1) is 0 Å². The average Bonchev–Trinajstić information content (AvgIpc) is 2.64. The molecule has 0 bridgehead atoms. The smallest absolute Gasteiger partial charge is 0.0438 e. The summed E-state index contributed by atoms with van der Waals surface area (Å²) in [7, 11) is 2.04. The predicted octanol–water partition coefficient (Wildman–Crippen LogP) is 3.52. The third-order valence-corrected chi connectivity index (χ3v) is 2.73. The minimum Gasteiger partial charge on any atom is -0.357 e. The molecule has 0 saturated heterocycles. The third-order valence-electron chi connectivity index (χ3n) is 2.73. The van der Waals surface area contributed by atoms with Gasteiger partial charge in [0.1, 0.15) is 0 Å². The maximum absolute atomic E-state index is 4.56. The first kappa shape index (κ1) is 10.9. The Morgan fingerprint density at radius 1 is 1.19 bits per heavy atom. The summed E-state index contributed by atoms with van der Waals surface area (Å²) in [5.41, 5.74) is 4.77. The highest BCUT2D eigenvalue weighted by Crippen LogP contribution is 2.23. The van der Waals surface area contributed by atoms with Crippen molar-refractivity contribution in [1.82, 2.24) is 9.55 Å². The summed E-state index contributed by atoms with van der Waals surface area (Å²) in [5.74, 6) is 0.474. The van der Waals surface area contributed by atoms with Crippen molar-refractivity contribution in [2.45, 2.75) is 26.7 Å². The summed E-state index contributed by atoms with van der Waals surface area (Å²) in [6.07, 6.45) is 4.21. The molecule has 0 aliphatic heterocycles. The lowest BCUT2D eigenvalue weighted by atomic mass is 10.0. The van der Waals surface area contributed by atoms with Crippen LogP contribution in [-0.2, 0) is 7.05 Å². The van der Waals surface area contributed by atoms with Gasteiger partial charge in [0, 0.05) is 30.8 Å². The zero-order valence-electron chi connectivity index (χ0n) is 10.4. The van der Waals surface area contributed by atoms with E-state index in [1.54, 1.807) is 0 Å². The molecule has 0 fully saturated rings. The first-order chi connectivity index (χ1) is 7.56. The van der Waals surface area contributed by atoms with Crippen LogP contribution in [0.5, 0.6) is 0 Å². The molecule has 0 unspecified atom stereocenters. The summed E-state index contributed by atoms with van der Waals surface area (Å²) in [6.45, 7) is 6.41. The number of rotatable bonds is 2. The normalized spacial score (nSPS) is 11.1. The first-order valence-electron chi connectivity index (χ1n) is 5.67. The van der Waals surface area contributed by atoms with Crippen LogP contribution >= 0.6 is 0 Å². The highest BCUT2D eigenvalue weighted by molar-refractivity contribution is 5.63. The maximum atomic E-state index is 4.56. The van der Waals surface area contributed by atoms with Gasteiger partial charge in [-0.3, -0.25) is 4.98 Å². The Labute approximate surface area is 97.0 Å². The van der Waals surface area contributed by atoms with E-state index in [0.717, 1.165) is 5.69 Å². The summed E-state index contributed by atoms with van der Waals surface area (Å²) < 4.78 is 2.07. The fourth-order valence-electron chi connectivity index (χ4n) is 1.83. The van der Waals surface area contributed by atoms with E-state index in [0.29, 0.717) is 5.92 Å². The molecule has 0 radical (unpaired) electrons. The van der Waals surface area contributed by atoms with Crippen molar-refractivity contribution < 1.29 is 0 Å². The molecule has 2 nitrogen and oxygen atoms in total. The van der Waals surface area contributed by atoms with E-state index in [4.69, 9.17) is 0 Å². The van der Waals surface area contributed by atoms with Crippen LogP contribution in [0.15, 0.2) is 30.6 Å². The van der Waals surface area contributed by atoms with Gasteiger partial charge in [0.2, 0.25) is 0 Å². The second-order valence-electron chi connectivity index (χ2n) is 4.64. The number of hydrogen-bond donors (Lipinski definition) is 0. The van der Waals surface area contributed by atoms with Gasteiger partial charge in [0.05, 0.1) is 0 Å². The number of nitrogens with zero attached hydrogens (tertiary/aromatic N) is 2. The molecule has 0 N–H and O–H groups in total. The molecule has 0 aliphatic rings. The van der Waals surface area contributed by atoms with Gasteiger partial charge in [-0.05, 0) is 42.2 Å². The predicted molar refractivity (Wildman–Crippen MR) is 67.5 cm³/mol. The lowest BCUT2D eigenvalue weighted by Crippen LogP contribution is -1.95. The van der Waals surface area contributed by atoms with E-state index in [1.165, 1.54) is 16.8 Å². The van der Waals surface area contributed by atoms with Gasteiger partial charge in [0.15, 0.2) is 0 Å². The molecule has 0 atom stereocenters. The van der Waals surface area contributed by atoms with Gasteiger partial charge < -0.3 is 4.57 Å². The standard InChI is InChI=1S/C14H18N2/c1-10(2)14-8-13(7-11(3)15-14)12-5-6-16(4)9-12/h5-10H,1-4H3. The quantitative estimate of drug-likeness (QED) is 0.748. The molecule has 2 heterocycles. The summed E-state index contributed by atoms with van der Waals surface area (Å²) in [4.78, 5) is 4.56. The highest BCUT2D eigenvalue weighted by atomic mass is 14.9. The van der Waals surface area contributed by atoms with E-state index < -0.39 is 0 Å². The molecule has 0 aliphatic carbocycles. The van der Waals surface area contributed by atoms with Crippen LogP contribution in [-0.4, -0.2) is 9.55 Å². The Hall–Kier alpha value is -1.57. The van der Waals surface area contributed by atoms with Crippen molar-refractivity contribution in [2.24, 2.45) is 7.05 Å². The van der Waals surface area contributed by atoms with Gasteiger partial charge >= 0.3 is 0 Å². The number of aromatic nitrogens is 2. The second-order valence-corrected chi connectivity index (χ2v) is 4.64. The van der Waals surface area contributed by atoms with Crippen molar-refractivity contribution in [2.75, 3.05) is 0 Å². The van der Waals surface area contributed by atoms with Crippen LogP contribution < -0.4 is 0 Å². The van der Waals surface area contributed by atoms with Crippen molar-refractivity contribution in [3.63, 3.8) is 0 Å². The Morgan fingerprint density at radius 2 is 1.94 bits per heavy atom. The molecule has 0 spiro atoms. The van der Waals surface area contributed by atoms with E-state index in [1.807, 2.05) is 7.05 Å². The molecule has 2 aromatic heterocycles. The number of aryl methyl sites for hydroxylation is 2. The monoisotopic (exact) mass is 214 g/mol. The van der Waals surface area contributed by atoms with Crippen LogP contribution in [0.1, 0.15) is 31.2 Å². The van der Waals surface area contributed by atoms with Gasteiger partial charge in [-0.25, -0.2) is 0 Å². The zero-order chi connectivity index (χ0) is 11.7. The molecule has 0 saturated carbocycles. The van der Waals surface area contributed by atoms with Crippen molar-refractivity contribution in [1.29, 1.82) is 0 Å². The molecule has 2 aromatic rings. The van der Waals surface area contributed by atoms with Crippen LogP contribution in [0.25, 0.3) is 11.1 Å². The summed E-state index contributed by atoms with van der Waals surface area (Å²) >= 11 is 0. The van der Waals surface area contributed by atoms with Gasteiger partial charge in [0.25, 0.3) is 0 Å². The molecule has 16 heavy (non-hydrogen) atoms. The number of pyridine rings is 1. The largest absolute Gasteiger partial charge is 0.357 e. The van der Waals surface area contributed by atoms with Crippen molar-refractivity contribution in [3.05, 3.63) is 42.0 Å². The fourth-order valence-corrected chi connectivity index (χ4v) is 1.83. The minimum atomic E-state index is 0.474. The van der Waals surface area contributed by atoms with Crippen LogP contribution in [0.2, 0.25) is 0 Å². The van der Waals surface area contributed by atoms with Crippen molar-refractivity contribution >= 4 is 0 Å². The summed E-state index contributed by atoms with van der Waals surface area (Å²) in [6, 6.07) is 6.47. The van der Waals surface area contributed by atoms with Crippen LogP contribution in [0.3, 0.4) is 0 Å². The molecule has 0 amide bonds. The van der Waals surface area contributed by atoms with Gasteiger partial charge in [-0.1, -0.05) is 13.8 Å². The molecule has 84 valence electrons. The zero-order valence-corrected chi connectivity index (χ0v) is 10.4. The highest BCUT2D eigenvalue weighted by Gasteiger charge is 2.06. The second kappa shape index (κ2) is 4.12. The molecular formula is C14H18N2. The molecule has 2 rings (SSSR count). The maximum Gasteiger partial charge on any atom is 0.0438 e. The SMILES string of the molecule is Cc1cc(-c2ccn(C)c2)cc(C(C)C)n1. The lowest BCUT2D eigenvalue weighted by molar-refractivity contribution is 0.816. The minimum absolute atomic E-state index is 0.474. The first-order valence-corrected chi connectivity index (χ1v) is 5.67. The average molecular weight is 214 g/mol. The van der Waals surface area contributed by atoms with E-state index in [-0.39, 0.29) is 0 Å². The topological polar surface area (TPSA) is 17.8 Å². The lowest BCUT2D eigenvalue weighted by Gasteiger charge is -2.08. The number of hydrogen-bond acceptors (Lipinski definition) is 1. The van der Waals surface area contributed by atoms with E-state index in [9.17, 15) is 0 Å². The van der Waals surface area contributed by atoms with Crippen LogP contribution in [0, 0.1) is 6.92 Å².